The van der Waals surface area contributed by atoms with Crippen molar-refractivity contribution in [1.29, 1.82) is 0 Å². The van der Waals surface area contributed by atoms with Crippen molar-refractivity contribution in [3.05, 3.63) is 70.5 Å². The topological polar surface area (TPSA) is 63.9 Å². The molecule has 0 aliphatic carbocycles. The van der Waals surface area contributed by atoms with E-state index in [2.05, 4.69) is 31.5 Å². The third-order valence-corrected chi connectivity index (χ3v) is 3.92. The highest BCUT2D eigenvalue weighted by Crippen LogP contribution is 2.14. The molecule has 0 aliphatic rings. The van der Waals surface area contributed by atoms with Crippen molar-refractivity contribution in [1.82, 2.24) is 25.1 Å². The van der Waals surface area contributed by atoms with E-state index in [-0.39, 0.29) is 5.91 Å². The molecule has 0 aliphatic heterocycles. The minimum Gasteiger partial charge on any atom is -0.337 e. The van der Waals surface area contributed by atoms with Gasteiger partial charge in [-0.05, 0) is 46.3 Å². The zero-order chi connectivity index (χ0) is 16.2. The first-order valence-corrected chi connectivity index (χ1v) is 7.76. The Hall–Kier alpha value is -2.54. The Morgan fingerprint density at radius 1 is 1.22 bits per heavy atom. The maximum atomic E-state index is 12.6. The van der Waals surface area contributed by atoms with Crippen LogP contribution in [0.25, 0.3) is 5.69 Å². The van der Waals surface area contributed by atoms with E-state index in [4.69, 9.17) is 0 Å². The second kappa shape index (κ2) is 6.70. The van der Waals surface area contributed by atoms with Gasteiger partial charge in [0.25, 0.3) is 5.91 Å². The van der Waals surface area contributed by atoms with Crippen molar-refractivity contribution in [3.63, 3.8) is 0 Å². The predicted octanol–water partition coefficient (Wildman–Crippen LogP) is 2.70. The Bertz CT molecular complexity index is 802. The molecule has 6 nitrogen and oxygen atoms in total. The summed E-state index contributed by atoms with van der Waals surface area (Å²) in [6, 6.07) is 15.1. The molecule has 0 atom stereocenters. The van der Waals surface area contributed by atoms with Gasteiger partial charge >= 0.3 is 0 Å². The highest BCUT2D eigenvalue weighted by molar-refractivity contribution is 9.10. The van der Waals surface area contributed by atoms with Gasteiger partial charge in [-0.1, -0.05) is 34.1 Å². The molecule has 0 radical (unpaired) electrons. The number of carbonyl (C=O) groups is 1. The van der Waals surface area contributed by atoms with Crippen LogP contribution < -0.4 is 0 Å². The zero-order valence-corrected chi connectivity index (χ0v) is 14.0. The molecule has 23 heavy (non-hydrogen) atoms. The van der Waals surface area contributed by atoms with E-state index in [1.165, 1.54) is 11.0 Å². The van der Waals surface area contributed by atoms with Gasteiger partial charge in [0.15, 0.2) is 0 Å². The molecular weight excluding hydrogens is 358 g/mol. The van der Waals surface area contributed by atoms with Crippen LogP contribution in [0.3, 0.4) is 0 Å². The molecule has 0 fully saturated rings. The molecule has 116 valence electrons. The molecule has 0 N–H and O–H groups in total. The normalized spacial score (nSPS) is 10.5. The van der Waals surface area contributed by atoms with Crippen LogP contribution in [0.4, 0.5) is 0 Å². The third kappa shape index (κ3) is 3.62. The molecule has 1 aromatic heterocycles. The van der Waals surface area contributed by atoms with Gasteiger partial charge in [0, 0.05) is 23.6 Å². The number of carbonyl (C=O) groups excluding carboxylic acids is 1. The lowest BCUT2D eigenvalue weighted by molar-refractivity contribution is 0.0785. The van der Waals surface area contributed by atoms with E-state index >= 15 is 0 Å². The maximum Gasteiger partial charge on any atom is 0.253 e. The summed E-state index contributed by atoms with van der Waals surface area (Å²) in [5.41, 5.74) is 2.41. The monoisotopic (exact) mass is 371 g/mol. The summed E-state index contributed by atoms with van der Waals surface area (Å²) in [5, 5.41) is 11.0. The van der Waals surface area contributed by atoms with Gasteiger partial charge in [0.05, 0.1) is 5.69 Å². The fourth-order valence-electron chi connectivity index (χ4n) is 2.22. The third-order valence-electron chi connectivity index (χ3n) is 3.39. The molecule has 0 saturated heterocycles. The number of tetrazole rings is 1. The van der Waals surface area contributed by atoms with Crippen molar-refractivity contribution in [3.8, 4) is 5.69 Å². The Kier molecular flexibility index (Phi) is 4.47. The van der Waals surface area contributed by atoms with Crippen LogP contribution in [0.15, 0.2) is 59.3 Å². The smallest absolute Gasteiger partial charge is 0.253 e. The van der Waals surface area contributed by atoms with Crippen LogP contribution in [0.1, 0.15) is 15.9 Å². The molecular formula is C16H14BrN5O. The molecule has 3 aromatic rings. The van der Waals surface area contributed by atoms with Gasteiger partial charge in [-0.25, -0.2) is 4.68 Å². The first-order valence-electron chi connectivity index (χ1n) is 6.97. The molecule has 0 saturated carbocycles. The number of aromatic nitrogens is 4. The van der Waals surface area contributed by atoms with E-state index < -0.39 is 0 Å². The SMILES string of the molecule is CN(Cc1ccc(Br)cc1)C(=O)c1cccc(-n2cnnn2)c1. The Balaban J connectivity index is 1.77. The second-order valence-corrected chi connectivity index (χ2v) is 6.01. The molecule has 0 spiro atoms. The first-order chi connectivity index (χ1) is 11.1. The lowest BCUT2D eigenvalue weighted by Gasteiger charge is -2.17. The van der Waals surface area contributed by atoms with Crippen LogP contribution in [0.5, 0.6) is 0 Å². The molecule has 0 bridgehead atoms. The fraction of sp³-hybridized carbons (Fsp3) is 0.125. The van der Waals surface area contributed by atoms with Gasteiger partial charge < -0.3 is 4.90 Å². The largest absolute Gasteiger partial charge is 0.337 e. The Morgan fingerprint density at radius 2 is 2.00 bits per heavy atom. The number of benzene rings is 2. The summed E-state index contributed by atoms with van der Waals surface area (Å²) in [6.45, 7) is 0.543. The number of nitrogens with zero attached hydrogens (tertiary/aromatic N) is 5. The number of hydrogen-bond acceptors (Lipinski definition) is 4. The number of hydrogen-bond donors (Lipinski definition) is 0. The molecule has 1 amide bonds. The minimum atomic E-state index is -0.0529. The molecule has 2 aromatic carbocycles. The van der Waals surface area contributed by atoms with Gasteiger partial charge in [-0.3, -0.25) is 4.79 Å². The molecule has 0 unspecified atom stereocenters. The number of amides is 1. The Labute approximate surface area is 141 Å². The van der Waals surface area contributed by atoms with Crippen LogP contribution >= 0.6 is 15.9 Å². The summed E-state index contributed by atoms with van der Waals surface area (Å²) in [7, 11) is 1.79. The van der Waals surface area contributed by atoms with E-state index in [0.717, 1.165) is 15.7 Å². The van der Waals surface area contributed by atoms with Gasteiger partial charge in [0.1, 0.15) is 6.33 Å². The van der Waals surface area contributed by atoms with Crippen molar-refractivity contribution < 1.29 is 4.79 Å². The van der Waals surface area contributed by atoms with E-state index in [9.17, 15) is 4.79 Å². The summed E-state index contributed by atoms with van der Waals surface area (Å²) in [4.78, 5) is 14.3. The average Bonchev–Trinajstić information content (AvgIpc) is 3.11. The Morgan fingerprint density at radius 3 is 2.70 bits per heavy atom. The van der Waals surface area contributed by atoms with Crippen LogP contribution in [0.2, 0.25) is 0 Å². The quantitative estimate of drug-likeness (QED) is 0.707. The number of rotatable bonds is 4. The summed E-state index contributed by atoms with van der Waals surface area (Å²) >= 11 is 3.41. The minimum absolute atomic E-state index is 0.0529. The molecule has 3 rings (SSSR count). The summed E-state index contributed by atoms with van der Waals surface area (Å²) < 4.78 is 2.54. The number of halogens is 1. The molecule has 1 heterocycles. The first kappa shape index (κ1) is 15.4. The van der Waals surface area contributed by atoms with E-state index in [0.29, 0.717) is 12.1 Å². The average molecular weight is 372 g/mol. The van der Waals surface area contributed by atoms with Crippen molar-refractivity contribution in [2.24, 2.45) is 0 Å². The van der Waals surface area contributed by atoms with Crippen molar-refractivity contribution in [2.75, 3.05) is 7.05 Å². The van der Waals surface area contributed by atoms with Crippen molar-refractivity contribution >= 4 is 21.8 Å². The lowest BCUT2D eigenvalue weighted by Crippen LogP contribution is -2.26. The van der Waals surface area contributed by atoms with Crippen molar-refractivity contribution in [2.45, 2.75) is 6.54 Å². The van der Waals surface area contributed by atoms with E-state index in [1.807, 2.05) is 36.4 Å². The van der Waals surface area contributed by atoms with E-state index in [1.54, 1.807) is 24.1 Å². The van der Waals surface area contributed by atoms with Crippen LogP contribution in [0, 0.1) is 0 Å². The van der Waals surface area contributed by atoms with Crippen LogP contribution in [-0.2, 0) is 6.54 Å². The summed E-state index contributed by atoms with van der Waals surface area (Å²) in [6.07, 6.45) is 1.50. The highest BCUT2D eigenvalue weighted by Gasteiger charge is 2.13. The van der Waals surface area contributed by atoms with Crippen LogP contribution in [-0.4, -0.2) is 38.1 Å². The lowest BCUT2D eigenvalue weighted by atomic mass is 10.1. The van der Waals surface area contributed by atoms with Gasteiger partial charge in [0.2, 0.25) is 0 Å². The van der Waals surface area contributed by atoms with Gasteiger partial charge in [-0.2, -0.15) is 0 Å². The zero-order valence-electron chi connectivity index (χ0n) is 12.4. The maximum absolute atomic E-state index is 12.6. The summed E-state index contributed by atoms with van der Waals surface area (Å²) in [5.74, 6) is -0.0529. The molecule has 7 heteroatoms. The standard InChI is InChI=1S/C16H14BrN5O/c1-21(10-12-5-7-14(17)8-6-12)16(23)13-3-2-4-15(9-13)22-11-18-19-20-22/h2-9,11H,10H2,1H3. The second-order valence-electron chi connectivity index (χ2n) is 5.09. The van der Waals surface area contributed by atoms with Gasteiger partial charge in [-0.15, -0.1) is 5.10 Å². The highest BCUT2D eigenvalue weighted by atomic mass is 79.9. The fourth-order valence-corrected chi connectivity index (χ4v) is 2.48. The predicted molar refractivity (Wildman–Crippen MR) is 89.1 cm³/mol.